The summed E-state index contributed by atoms with van der Waals surface area (Å²) in [4.78, 5) is 26.3. The molecule has 0 fully saturated rings. The number of hydrogen-bond donors (Lipinski definition) is 0. The fraction of sp³-hybridized carbons (Fsp3) is 0.0909. The second-order valence-electron chi connectivity index (χ2n) is 6.35. The third kappa shape index (κ3) is 3.09. The standard InChI is InChI=1S/C22H17FN2O3/c1-28-18-11-9-17(10-12-18)25-21(26)19-7-2-3-8-20(19)24(22(25)27)14-15-5-4-6-16(23)13-15/h2-13H,14H2,1H3. The Morgan fingerprint density at radius 1 is 0.929 bits per heavy atom. The fourth-order valence-corrected chi connectivity index (χ4v) is 3.25. The average molecular weight is 376 g/mol. The summed E-state index contributed by atoms with van der Waals surface area (Å²) in [5, 5.41) is 0.411. The molecule has 140 valence electrons. The van der Waals surface area contributed by atoms with Crippen LogP contribution in [0.3, 0.4) is 0 Å². The normalized spacial score (nSPS) is 10.9. The average Bonchev–Trinajstić information content (AvgIpc) is 2.72. The van der Waals surface area contributed by atoms with Crippen LogP contribution in [0.15, 0.2) is 82.4 Å². The molecule has 28 heavy (non-hydrogen) atoms. The van der Waals surface area contributed by atoms with Gasteiger partial charge in [0.15, 0.2) is 0 Å². The van der Waals surface area contributed by atoms with Crippen LogP contribution in [0.2, 0.25) is 0 Å². The largest absolute Gasteiger partial charge is 0.497 e. The first kappa shape index (κ1) is 17.7. The van der Waals surface area contributed by atoms with Gasteiger partial charge >= 0.3 is 5.69 Å². The number of rotatable bonds is 4. The molecule has 5 nitrogen and oxygen atoms in total. The number of aromatic nitrogens is 2. The lowest BCUT2D eigenvalue weighted by Crippen LogP contribution is -2.39. The summed E-state index contributed by atoms with van der Waals surface area (Å²) in [6, 6.07) is 19.7. The fourth-order valence-electron chi connectivity index (χ4n) is 3.25. The third-order valence-electron chi connectivity index (χ3n) is 4.61. The second kappa shape index (κ2) is 7.15. The van der Waals surface area contributed by atoms with Gasteiger partial charge in [-0.3, -0.25) is 9.36 Å². The van der Waals surface area contributed by atoms with Crippen molar-refractivity contribution in [2.75, 3.05) is 7.11 Å². The van der Waals surface area contributed by atoms with Crippen LogP contribution in [-0.4, -0.2) is 16.2 Å². The van der Waals surface area contributed by atoms with E-state index in [2.05, 4.69) is 0 Å². The molecule has 4 aromatic rings. The monoisotopic (exact) mass is 376 g/mol. The Morgan fingerprint density at radius 3 is 2.39 bits per heavy atom. The Balaban J connectivity index is 1.98. The number of nitrogens with zero attached hydrogens (tertiary/aromatic N) is 2. The maximum atomic E-state index is 13.6. The number of hydrogen-bond acceptors (Lipinski definition) is 3. The Hall–Kier alpha value is -3.67. The van der Waals surface area contributed by atoms with Crippen molar-refractivity contribution >= 4 is 10.9 Å². The van der Waals surface area contributed by atoms with E-state index in [9.17, 15) is 14.0 Å². The molecule has 3 aromatic carbocycles. The molecule has 1 heterocycles. The lowest BCUT2D eigenvalue weighted by molar-refractivity contribution is 0.414. The van der Waals surface area contributed by atoms with E-state index in [0.29, 0.717) is 27.9 Å². The van der Waals surface area contributed by atoms with Crippen LogP contribution in [-0.2, 0) is 6.54 Å². The Bertz CT molecular complexity index is 1270. The van der Waals surface area contributed by atoms with E-state index in [1.807, 2.05) is 0 Å². The highest BCUT2D eigenvalue weighted by molar-refractivity contribution is 5.78. The highest BCUT2D eigenvalue weighted by Crippen LogP contribution is 2.15. The van der Waals surface area contributed by atoms with Crippen molar-refractivity contribution in [2.45, 2.75) is 6.54 Å². The van der Waals surface area contributed by atoms with E-state index in [4.69, 9.17) is 4.74 Å². The van der Waals surface area contributed by atoms with E-state index in [1.165, 1.54) is 16.7 Å². The summed E-state index contributed by atoms with van der Waals surface area (Å²) in [5.41, 5.74) is 0.688. The molecule has 6 heteroatoms. The number of ether oxygens (including phenoxy) is 1. The van der Waals surface area contributed by atoms with Gasteiger partial charge in [-0.25, -0.2) is 13.8 Å². The second-order valence-corrected chi connectivity index (χ2v) is 6.35. The molecule has 0 saturated heterocycles. The van der Waals surface area contributed by atoms with Crippen molar-refractivity contribution in [1.29, 1.82) is 0 Å². The number of halogens is 1. The van der Waals surface area contributed by atoms with Crippen molar-refractivity contribution in [2.24, 2.45) is 0 Å². The maximum Gasteiger partial charge on any atom is 0.336 e. The molecule has 0 bridgehead atoms. The van der Waals surface area contributed by atoms with Crippen LogP contribution in [0.4, 0.5) is 4.39 Å². The molecule has 0 saturated carbocycles. The summed E-state index contributed by atoms with van der Waals surface area (Å²) >= 11 is 0. The molecule has 0 aliphatic rings. The Kier molecular flexibility index (Phi) is 4.53. The minimum Gasteiger partial charge on any atom is -0.497 e. The molecular formula is C22H17FN2O3. The third-order valence-corrected chi connectivity index (χ3v) is 4.61. The first-order valence-electron chi connectivity index (χ1n) is 8.72. The molecule has 0 N–H and O–H groups in total. The van der Waals surface area contributed by atoms with E-state index in [0.717, 1.165) is 4.57 Å². The summed E-state index contributed by atoms with van der Waals surface area (Å²) in [5.74, 6) is 0.246. The topological polar surface area (TPSA) is 53.2 Å². The zero-order valence-corrected chi connectivity index (χ0v) is 15.1. The van der Waals surface area contributed by atoms with Gasteiger partial charge < -0.3 is 4.74 Å². The molecule has 0 atom stereocenters. The van der Waals surface area contributed by atoms with Gasteiger partial charge in [-0.05, 0) is 54.1 Å². The Labute approximate surface area is 159 Å². The number of para-hydroxylation sites is 1. The van der Waals surface area contributed by atoms with Crippen molar-refractivity contribution in [3.8, 4) is 11.4 Å². The molecule has 0 radical (unpaired) electrons. The van der Waals surface area contributed by atoms with Gasteiger partial charge in [0.1, 0.15) is 11.6 Å². The summed E-state index contributed by atoms with van der Waals surface area (Å²) in [6.45, 7) is 0.146. The van der Waals surface area contributed by atoms with Crippen LogP contribution in [0.25, 0.3) is 16.6 Å². The molecule has 0 unspecified atom stereocenters. The molecule has 4 rings (SSSR count). The first-order chi connectivity index (χ1) is 13.6. The summed E-state index contributed by atoms with van der Waals surface area (Å²) < 4.78 is 21.4. The van der Waals surface area contributed by atoms with Crippen LogP contribution in [0.5, 0.6) is 5.75 Å². The molecule has 1 aromatic heterocycles. The van der Waals surface area contributed by atoms with Crippen molar-refractivity contribution in [1.82, 2.24) is 9.13 Å². The van der Waals surface area contributed by atoms with Crippen LogP contribution < -0.4 is 16.0 Å². The molecule has 0 aliphatic heterocycles. The smallest absolute Gasteiger partial charge is 0.336 e. The van der Waals surface area contributed by atoms with Gasteiger partial charge in [0.05, 0.1) is 30.2 Å². The zero-order chi connectivity index (χ0) is 19.7. The predicted octanol–water partition coefficient (Wildman–Crippen LogP) is 3.35. The predicted molar refractivity (Wildman–Crippen MR) is 106 cm³/mol. The molecule has 0 amide bonds. The molecular weight excluding hydrogens is 359 g/mol. The first-order valence-corrected chi connectivity index (χ1v) is 8.72. The van der Waals surface area contributed by atoms with Gasteiger partial charge in [0, 0.05) is 0 Å². The quantitative estimate of drug-likeness (QED) is 0.549. The van der Waals surface area contributed by atoms with Crippen molar-refractivity contribution < 1.29 is 9.13 Å². The van der Waals surface area contributed by atoms with Gasteiger partial charge in [-0.1, -0.05) is 24.3 Å². The lowest BCUT2D eigenvalue weighted by Gasteiger charge is -2.14. The van der Waals surface area contributed by atoms with Crippen molar-refractivity contribution in [3.63, 3.8) is 0 Å². The molecule has 0 spiro atoms. The zero-order valence-electron chi connectivity index (χ0n) is 15.1. The van der Waals surface area contributed by atoms with Crippen LogP contribution in [0, 0.1) is 5.82 Å². The minimum absolute atomic E-state index is 0.146. The number of benzene rings is 3. The lowest BCUT2D eigenvalue weighted by atomic mass is 10.2. The molecule has 0 aliphatic carbocycles. The van der Waals surface area contributed by atoms with E-state index in [-0.39, 0.29) is 12.4 Å². The summed E-state index contributed by atoms with van der Waals surface area (Å²) in [7, 11) is 1.54. The van der Waals surface area contributed by atoms with E-state index in [1.54, 1.807) is 67.8 Å². The highest BCUT2D eigenvalue weighted by Gasteiger charge is 2.15. The van der Waals surface area contributed by atoms with Crippen LogP contribution >= 0.6 is 0 Å². The van der Waals surface area contributed by atoms with Gasteiger partial charge in [0.2, 0.25) is 0 Å². The highest BCUT2D eigenvalue weighted by atomic mass is 19.1. The minimum atomic E-state index is -0.488. The van der Waals surface area contributed by atoms with Crippen LogP contribution in [0.1, 0.15) is 5.56 Å². The van der Waals surface area contributed by atoms with Crippen molar-refractivity contribution in [3.05, 3.63) is 105 Å². The maximum absolute atomic E-state index is 13.6. The Morgan fingerprint density at radius 2 is 1.68 bits per heavy atom. The van der Waals surface area contributed by atoms with Gasteiger partial charge in [0.25, 0.3) is 5.56 Å². The van der Waals surface area contributed by atoms with Gasteiger partial charge in [-0.15, -0.1) is 0 Å². The van der Waals surface area contributed by atoms with E-state index >= 15 is 0 Å². The number of fused-ring (bicyclic) bond motifs is 1. The summed E-state index contributed by atoms with van der Waals surface area (Å²) in [6.07, 6.45) is 0. The van der Waals surface area contributed by atoms with E-state index < -0.39 is 11.2 Å². The SMILES string of the molecule is COc1ccc(-n2c(=O)c3ccccc3n(Cc3cccc(F)c3)c2=O)cc1. The number of methoxy groups -OCH3 is 1. The van der Waals surface area contributed by atoms with Gasteiger partial charge in [-0.2, -0.15) is 0 Å².